The summed E-state index contributed by atoms with van der Waals surface area (Å²) in [5, 5.41) is 4.02. The normalized spacial score (nSPS) is 10.8. The van der Waals surface area contributed by atoms with E-state index < -0.39 is 0 Å². The van der Waals surface area contributed by atoms with Gasteiger partial charge in [0.05, 0.1) is 5.69 Å². The van der Waals surface area contributed by atoms with Crippen LogP contribution in [0.15, 0.2) is 16.9 Å². The van der Waals surface area contributed by atoms with Gasteiger partial charge >= 0.3 is 0 Å². The average molecular weight is 227 g/mol. The van der Waals surface area contributed by atoms with Crippen molar-refractivity contribution in [2.24, 2.45) is 0 Å². The topological polar surface area (TPSA) is 56.2 Å². The zero-order valence-electron chi connectivity index (χ0n) is 6.45. The Kier molecular flexibility index (Phi) is 1.54. The Morgan fingerprint density at radius 2 is 2.33 bits per heavy atom. The van der Waals surface area contributed by atoms with Crippen molar-refractivity contribution in [3.8, 4) is 0 Å². The third-order valence-corrected chi connectivity index (χ3v) is 2.37. The molecule has 2 N–H and O–H groups in total. The Labute approximate surface area is 77.5 Å². The molecule has 2 aromatic rings. The quantitative estimate of drug-likeness (QED) is 0.739. The van der Waals surface area contributed by atoms with Gasteiger partial charge in [-0.15, -0.1) is 0 Å². The highest BCUT2D eigenvalue weighted by Gasteiger charge is 2.06. The van der Waals surface area contributed by atoms with E-state index in [9.17, 15) is 0 Å². The molecular weight excluding hydrogens is 220 g/mol. The number of halogens is 1. The molecule has 0 aliphatic heterocycles. The number of aryl methyl sites for hydroxylation is 1. The van der Waals surface area contributed by atoms with Gasteiger partial charge < -0.3 is 5.73 Å². The number of nitrogen functional groups attached to an aromatic ring is 1. The molecule has 0 spiro atoms. The number of fused-ring (bicyclic) bond motifs is 1. The predicted octanol–water partition coefficient (Wildman–Crippen LogP) is 1.38. The third-order valence-electron chi connectivity index (χ3n) is 1.72. The van der Waals surface area contributed by atoms with E-state index >= 15 is 0 Å². The van der Waals surface area contributed by atoms with E-state index in [-0.39, 0.29) is 0 Å². The molecule has 0 atom stereocenters. The van der Waals surface area contributed by atoms with E-state index in [2.05, 4.69) is 26.0 Å². The summed E-state index contributed by atoms with van der Waals surface area (Å²) in [6, 6.07) is 1.91. The van der Waals surface area contributed by atoms with Crippen LogP contribution in [0.25, 0.3) is 5.65 Å². The molecule has 0 radical (unpaired) electrons. The number of pyridine rings is 1. The van der Waals surface area contributed by atoms with Crippen LogP contribution in [0.3, 0.4) is 0 Å². The van der Waals surface area contributed by atoms with Crippen LogP contribution in [-0.2, 0) is 0 Å². The number of rotatable bonds is 0. The molecule has 5 heteroatoms. The van der Waals surface area contributed by atoms with Crippen LogP contribution in [0.2, 0.25) is 0 Å². The number of hydrogen-bond acceptors (Lipinski definition) is 3. The first-order chi connectivity index (χ1) is 5.70. The summed E-state index contributed by atoms with van der Waals surface area (Å²) >= 11 is 3.35. The molecule has 2 rings (SSSR count). The van der Waals surface area contributed by atoms with Gasteiger partial charge in [0, 0.05) is 10.2 Å². The summed E-state index contributed by atoms with van der Waals surface area (Å²) in [5.74, 6) is 0. The van der Waals surface area contributed by atoms with Gasteiger partial charge in [-0.25, -0.2) is 9.50 Å². The highest BCUT2D eigenvalue weighted by atomic mass is 79.9. The fourth-order valence-corrected chi connectivity index (χ4v) is 1.62. The first-order valence-corrected chi connectivity index (χ1v) is 4.24. The molecule has 0 aliphatic rings. The Hall–Kier alpha value is -1.10. The monoisotopic (exact) mass is 226 g/mol. The molecule has 0 bridgehead atoms. The zero-order chi connectivity index (χ0) is 8.72. The molecule has 0 saturated heterocycles. The van der Waals surface area contributed by atoms with Gasteiger partial charge in [0.15, 0.2) is 5.65 Å². The molecule has 2 heterocycles. The molecule has 2 aromatic heterocycles. The molecular formula is C7H7BrN4. The summed E-state index contributed by atoms with van der Waals surface area (Å²) in [7, 11) is 0. The lowest BCUT2D eigenvalue weighted by molar-refractivity contribution is 0.914. The molecule has 0 fully saturated rings. The fraction of sp³-hybridized carbons (Fsp3) is 0.143. The third kappa shape index (κ3) is 0.896. The summed E-state index contributed by atoms with van der Waals surface area (Å²) in [5.41, 5.74) is 8.08. The SMILES string of the molecule is Cc1cc(Br)c(N)c2ncnn12. The first-order valence-electron chi connectivity index (χ1n) is 3.44. The van der Waals surface area contributed by atoms with Crippen molar-refractivity contribution >= 4 is 27.3 Å². The van der Waals surface area contributed by atoms with E-state index in [1.807, 2.05) is 13.0 Å². The minimum Gasteiger partial charge on any atom is -0.395 e. The van der Waals surface area contributed by atoms with Crippen molar-refractivity contribution in [2.75, 3.05) is 5.73 Å². The highest BCUT2D eigenvalue weighted by molar-refractivity contribution is 9.10. The number of hydrogen-bond donors (Lipinski definition) is 1. The second kappa shape index (κ2) is 2.45. The fourth-order valence-electron chi connectivity index (χ4n) is 1.11. The van der Waals surface area contributed by atoms with Crippen LogP contribution in [0.1, 0.15) is 5.69 Å². The van der Waals surface area contributed by atoms with Crippen LogP contribution >= 0.6 is 15.9 Å². The van der Waals surface area contributed by atoms with Gasteiger partial charge in [0.2, 0.25) is 0 Å². The van der Waals surface area contributed by atoms with E-state index in [4.69, 9.17) is 5.73 Å². The Morgan fingerprint density at radius 1 is 1.58 bits per heavy atom. The molecule has 0 aromatic carbocycles. The maximum Gasteiger partial charge on any atom is 0.179 e. The molecule has 0 amide bonds. The minimum absolute atomic E-state index is 0.623. The lowest BCUT2D eigenvalue weighted by Gasteiger charge is -2.02. The standard InChI is InChI=1S/C7H7BrN4/c1-4-2-5(8)6(9)7-10-3-11-12(4)7/h2-3H,9H2,1H3. The summed E-state index contributed by atoms with van der Waals surface area (Å²) < 4.78 is 2.57. The second-order valence-electron chi connectivity index (χ2n) is 2.54. The maximum absolute atomic E-state index is 5.76. The van der Waals surface area contributed by atoms with Gasteiger partial charge in [-0.1, -0.05) is 0 Å². The van der Waals surface area contributed by atoms with E-state index in [1.54, 1.807) is 4.52 Å². The van der Waals surface area contributed by atoms with Crippen LogP contribution in [0, 0.1) is 6.92 Å². The lowest BCUT2D eigenvalue weighted by Crippen LogP contribution is -1.98. The predicted molar refractivity (Wildman–Crippen MR) is 49.8 cm³/mol. The Morgan fingerprint density at radius 3 is 3.08 bits per heavy atom. The largest absolute Gasteiger partial charge is 0.395 e. The van der Waals surface area contributed by atoms with Crippen LogP contribution in [0.5, 0.6) is 0 Å². The number of anilines is 1. The van der Waals surface area contributed by atoms with Crippen molar-refractivity contribution in [2.45, 2.75) is 6.92 Å². The van der Waals surface area contributed by atoms with Crippen molar-refractivity contribution in [1.82, 2.24) is 14.6 Å². The second-order valence-corrected chi connectivity index (χ2v) is 3.40. The summed E-state index contributed by atoms with van der Waals surface area (Å²) in [6.45, 7) is 1.95. The van der Waals surface area contributed by atoms with Gasteiger partial charge in [0.1, 0.15) is 6.33 Å². The highest BCUT2D eigenvalue weighted by Crippen LogP contribution is 2.23. The number of aromatic nitrogens is 3. The zero-order valence-corrected chi connectivity index (χ0v) is 8.04. The average Bonchev–Trinajstić information content (AvgIpc) is 2.48. The van der Waals surface area contributed by atoms with Crippen molar-refractivity contribution < 1.29 is 0 Å². The van der Waals surface area contributed by atoms with Gasteiger partial charge in [-0.05, 0) is 28.9 Å². The van der Waals surface area contributed by atoms with Gasteiger partial charge in [0.25, 0.3) is 0 Å². The van der Waals surface area contributed by atoms with Crippen LogP contribution < -0.4 is 5.73 Å². The maximum atomic E-state index is 5.76. The Bertz CT molecular complexity index is 434. The van der Waals surface area contributed by atoms with Crippen LogP contribution in [-0.4, -0.2) is 14.6 Å². The molecule has 4 nitrogen and oxygen atoms in total. The van der Waals surface area contributed by atoms with E-state index in [1.165, 1.54) is 6.33 Å². The smallest absolute Gasteiger partial charge is 0.179 e. The molecule has 0 saturated carbocycles. The minimum atomic E-state index is 0.623. The molecule has 62 valence electrons. The number of nitrogens with zero attached hydrogens (tertiary/aromatic N) is 3. The van der Waals surface area contributed by atoms with Gasteiger partial charge in [-0.3, -0.25) is 0 Å². The van der Waals surface area contributed by atoms with Gasteiger partial charge in [-0.2, -0.15) is 5.10 Å². The first kappa shape index (κ1) is 7.54. The molecule has 0 aliphatic carbocycles. The summed E-state index contributed by atoms with van der Waals surface area (Å²) in [4.78, 5) is 4.04. The van der Waals surface area contributed by atoms with Crippen molar-refractivity contribution in [1.29, 1.82) is 0 Å². The summed E-state index contributed by atoms with van der Waals surface area (Å²) in [6.07, 6.45) is 1.49. The lowest BCUT2D eigenvalue weighted by atomic mass is 10.3. The van der Waals surface area contributed by atoms with Crippen LogP contribution in [0.4, 0.5) is 5.69 Å². The van der Waals surface area contributed by atoms with E-state index in [0.29, 0.717) is 11.3 Å². The number of nitrogens with two attached hydrogens (primary N) is 1. The van der Waals surface area contributed by atoms with E-state index in [0.717, 1.165) is 10.2 Å². The van der Waals surface area contributed by atoms with Crippen molar-refractivity contribution in [3.63, 3.8) is 0 Å². The van der Waals surface area contributed by atoms with Crippen molar-refractivity contribution in [3.05, 3.63) is 22.6 Å². The molecule has 12 heavy (non-hydrogen) atoms. The molecule has 0 unspecified atom stereocenters. The Balaban J connectivity index is 2.97.